The average Bonchev–Trinajstić information content (AvgIpc) is 3.20. The zero-order chi connectivity index (χ0) is 20.2. The second-order valence-electron chi connectivity index (χ2n) is 7.72. The van der Waals surface area contributed by atoms with Crippen molar-refractivity contribution in [3.63, 3.8) is 0 Å². The van der Waals surface area contributed by atoms with Gasteiger partial charge in [0.2, 0.25) is 0 Å². The van der Waals surface area contributed by atoms with E-state index < -0.39 is 0 Å². The van der Waals surface area contributed by atoms with Gasteiger partial charge in [-0.25, -0.2) is 9.37 Å². The van der Waals surface area contributed by atoms with Gasteiger partial charge in [0.05, 0.1) is 0 Å². The quantitative estimate of drug-likeness (QED) is 0.325. The van der Waals surface area contributed by atoms with Gasteiger partial charge in [-0.05, 0) is 61.4 Å². The number of benzene rings is 1. The van der Waals surface area contributed by atoms with E-state index in [2.05, 4.69) is 20.6 Å². The minimum atomic E-state index is -0.292. The highest BCUT2D eigenvalue weighted by molar-refractivity contribution is 14.0. The SMILES string of the molecule is CN=C(NCc1c(O)ccc2c1CCCC2)NC1CCN(c2ncccc2F)C1.I. The van der Waals surface area contributed by atoms with E-state index in [1.54, 1.807) is 25.4 Å². The number of aromatic nitrogens is 1. The molecule has 1 atom stereocenters. The fourth-order valence-corrected chi connectivity index (χ4v) is 4.33. The Kier molecular flexibility index (Phi) is 7.74. The van der Waals surface area contributed by atoms with Crippen LogP contribution in [-0.4, -0.2) is 42.2 Å². The minimum Gasteiger partial charge on any atom is -0.508 e. The molecular weight excluding hydrogens is 496 g/mol. The van der Waals surface area contributed by atoms with Crippen molar-refractivity contribution < 1.29 is 9.50 Å². The third kappa shape index (κ3) is 4.96. The van der Waals surface area contributed by atoms with E-state index in [1.807, 2.05) is 11.0 Å². The van der Waals surface area contributed by atoms with Crippen molar-refractivity contribution in [1.82, 2.24) is 15.6 Å². The summed E-state index contributed by atoms with van der Waals surface area (Å²) in [6.45, 7) is 1.94. The number of pyridine rings is 1. The number of nitrogens with zero attached hydrogens (tertiary/aromatic N) is 3. The number of aromatic hydroxyl groups is 1. The monoisotopic (exact) mass is 525 g/mol. The van der Waals surface area contributed by atoms with Crippen molar-refractivity contribution in [2.24, 2.45) is 4.99 Å². The van der Waals surface area contributed by atoms with Crippen molar-refractivity contribution in [1.29, 1.82) is 0 Å². The summed E-state index contributed by atoms with van der Waals surface area (Å²) < 4.78 is 14.0. The summed E-state index contributed by atoms with van der Waals surface area (Å²) in [5.74, 6) is 1.14. The number of fused-ring (bicyclic) bond motifs is 1. The highest BCUT2D eigenvalue weighted by Crippen LogP contribution is 2.30. The van der Waals surface area contributed by atoms with E-state index in [9.17, 15) is 9.50 Å². The highest BCUT2D eigenvalue weighted by Gasteiger charge is 2.26. The van der Waals surface area contributed by atoms with Crippen molar-refractivity contribution in [2.45, 2.75) is 44.7 Å². The fourth-order valence-electron chi connectivity index (χ4n) is 4.33. The van der Waals surface area contributed by atoms with Gasteiger partial charge in [-0.2, -0.15) is 0 Å². The Morgan fingerprint density at radius 3 is 2.93 bits per heavy atom. The Morgan fingerprint density at radius 2 is 2.13 bits per heavy atom. The number of anilines is 1. The first kappa shape index (κ1) is 22.6. The summed E-state index contributed by atoms with van der Waals surface area (Å²) in [4.78, 5) is 10.5. The van der Waals surface area contributed by atoms with E-state index in [0.717, 1.165) is 31.4 Å². The van der Waals surface area contributed by atoms with Gasteiger partial charge in [0.1, 0.15) is 5.75 Å². The number of guanidine groups is 1. The zero-order valence-corrected chi connectivity index (χ0v) is 19.5. The van der Waals surface area contributed by atoms with E-state index >= 15 is 0 Å². The number of hydrogen-bond acceptors (Lipinski definition) is 4. The fraction of sp³-hybridized carbons (Fsp3) is 0.455. The topological polar surface area (TPSA) is 72.8 Å². The molecule has 1 aromatic heterocycles. The molecule has 2 aromatic rings. The second-order valence-corrected chi connectivity index (χ2v) is 7.72. The summed E-state index contributed by atoms with van der Waals surface area (Å²) >= 11 is 0. The molecule has 6 nitrogen and oxygen atoms in total. The first-order valence-corrected chi connectivity index (χ1v) is 10.3. The molecule has 162 valence electrons. The smallest absolute Gasteiger partial charge is 0.191 e. The van der Waals surface area contributed by atoms with Crippen molar-refractivity contribution >= 4 is 35.8 Å². The third-order valence-electron chi connectivity index (χ3n) is 5.85. The second kappa shape index (κ2) is 10.3. The largest absolute Gasteiger partial charge is 0.508 e. The van der Waals surface area contributed by atoms with Crippen LogP contribution in [-0.2, 0) is 19.4 Å². The predicted octanol–water partition coefficient (Wildman–Crippen LogP) is 3.37. The Bertz CT molecular complexity index is 907. The molecule has 1 aliphatic heterocycles. The number of hydrogen-bond donors (Lipinski definition) is 3. The number of rotatable bonds is 4. The lowest BCUT2D eigenvalue weighted by Gasteiger charge is -2.22. The number of aliphatic imine (C=N–C) groups is 1. The third-order valence-corrected chi connectivity index (χ3v) is 5.85. The van der Waals surface area contributed by atoms with Crippen molar-refractivity contribution in [3.05, 3.63) is 53.0 Å². The summed E-state index contributed by atoms with van der Waals surface area (Å²) in [6, 6.07) is 7.05. The number of phenols is 1. The standard InChI is InChI=1S/C22H28FN5O.HI/c1-24-22(26-13-18-17-6-3-2-5-15(17)8-9-20(18)29)27-16-10-12-28(14-16)21-19(23)7-4-11-25-21;/h4,7-9,11,16,29H,2-3,5-6,10,12-14H2,1H3,(H2,24,26,27);1H. The molecule has 1 fully saturated rings. The van der Waals surface area contributed by atoms with Crippen LogP contribution in [0.15, 0.2) is 35.5 Å². The molecule has 2 heterocycles. The van der Waals surface area contributed by atoms with Crippen LogP contribution in [0.3, 0.4) is 0 Å². The summed E-state index contributed by atoms with van der Waals surface area (Å²) in [5, 5.41) is 17.1. The van der Waals surface area contributed by atoms with Crippen LogP contribution in [0, 0.1) is 5.82 Å². The van der Waals surface area contributed by atoms with Crippen LogP contribution >= 0.6 is 24.0 Å². The van der Waals surface area contributed by atoms with Gasteiger partial charge in [-0.1, -0.05) is 6.07 Å². The molecule has 1 aliphatic carbocycles. The molecule has 2 aliphatic rings. The number of phenolic OH excluding ortho intramolecular Hbond substituents is 1. The summed E-state index contributed by atoms with van der Waals surface area (Å²) in [6.07, 6.45) is 6.97. The Hall–Kier alpha value is -2.10. The van der Waals surface area contributed by atoms with Gasteiger partial charge >= 0.3 is 0 Å². The van der Waals surface area contributed by atoms with Gasteiger partial charge in [0.25, 0.3) is 0 Å². The van der Waals surface area contributed by atoms with E-state index in [1.165, 1.54) is 30.0 Å². The Balaban J connectivity index is 0.00000256. The zero-order valence-electron chi connectivity index (χ0n) is 17.2. The summed E-state index contributed by atoms with van der Waals surface area (Å²) in [7, 11) is 1.74. The van der Waals surface area contributed by atoms with Crippen LogP contribution in [0.4, 0.5) is 10.2 Å². The van der Waals surface area contributed by atoms with Crippen LogP contribution in [0.5, 0.6) is 5.75 Å². The molecule has 4 rings (SSSR count). The Morgan fingerprint density at radius 1 is 1.30 bits per heavy atom. The van der Waals surface area contributed by atoms with Gasteiger partial charge in [0, 0.05) is 44.5 Å². The lowest BCUT2D eigenvalue weighted by atomic mass is 9.88. The van der Waals surface area contributed by atoms with Crippen LogP contribution in [0.25, 0.3) is 0 Å². The normalized spacial score (nSPS) is 18.5. The molecule has 1 saturated heterocycles. The number of halogens is 2. The number of aryl methyl sites for hydroxylation is 1. The average molecular weight is 525 g/mol. The van der Waals surface area contributed by atoms with Crippen LogP contribution in [0.1, 0.15) is 36.0 Å². The molecule has 1 unspecified atom stereocenters. The van der Waals surface area contributed by atoms with Gasteiger partial charge in [-0.3, -0.25) is 4.99 Å². The molecule has 30 heavy (non-hydrogen) atoms. The van der Waals surface area contributed by atoms with E-state index in [0.29, 0.717) is 30.6 Å². The predicted molar refractivity (Wildman–Crippen MR) is 128 cm³/mol. The van der Waals surface area contributed by atoms with Gasteiger partial charge in [0.15, 0.2) is 17.6 Å². The molecule has 0 spiro atoms. The Labute approximate surface area is 194 Å². The maximum absolute atomic E-state index is 14.0. The molecule has 1 aromatic carbocycles. The maximum Gasteiger partial charge on any atom is 0.191 e. The first-order valence-electron chi connectivity index (χ1n) is 10.3. The molecule has 0 amide bonds. The van der Waals surface area contributed by atoms with Crippen molar-refractivity contribution in [2.75, 3.05) is 25.0 Å². The highest BCUT2D eigenvalue weighted by atomic mass is 127. The lowest BCUT2D eigenvalue weighted by molar-refractivity contribution is 0.464. The molecule has 8 heteroatoms. The number of nitrogens with one attached hydrogen (secondary N) is 2. The first-order chi connectivity index (χ1) is 14.2. The van der Waals surface area contributed by atoms with Gasteiger partial charge < -0.3 is 20.6 Å². The molecule has 0 bridgehead atoms. The minimum absolute atomic E-state index is 0. The lowest BCUT2D eigenvalue weighted by Crippen LogP contribution is -2.44. The molecular formula is C22H29FIN5O. The summed E-state index contributed by atoms with van der Waals surface area (Å²) in [5.41, 5.74) is 3.59. The van der Waals surface area contributed by atoms with E-state index in [4.69, 9.17) is 0 Å². The molecule has 0 radical (unpaired) electrons. The van der Waals surface area contributed by atoms with Crippen LogP contribution < -0.4 is 15.5 Å². The molecule has 0 saturated carbocycles. The maximum atomic E-state index is 14.0. The van der Waals surface area contributed by atoms with Crippen LogP contribution in [0.2, 0.25) is 0 Å². The van der Waals surface area contributed by atoms with E-state index in [-0.39, 0.29) is 35.8 Å². The van der Waals surface area contributed by atoms with Gasteiger partial charge in [-0.15, -0.1) is 24.0 Å². The van der Waals surface area contributed by atoms with Crippen molar-refractivity contribution in [3.8, 4) is 5.75 Å². The molecule has 3 N–H and O–H groups in total.